The van der Waals surface area contributed by atoms with Crippen LogP contribution in [-0.2, 0) is 14.3 Å². The summed E-state index contributed by atoms with van der Waals surface area (Å²) >= 11 is 0. The van der Waals surface area contributed by atoms with Crippen molar-refractivity contribution in [1.29, 1.82) is 0 Å². The third kappa shape index (κ3) is 4.20. The lowest BCUT2D eigenvalue weighted by atomic mass is 10.2. The predicted octanol–water partition coefficient (Wildman–Crippen LogP) is 0.866. The minimum absolute atomic E-state index is 0.0720. The van der Waals surface area contributed by atoms with Crippen molar-refractivity contribution < 1.29 is 17.5 Å². The standard InChI is InChI=1S/C12H9N3O5S/c1-21(18,19)20-6-2-3-9-8-13-12-7-10(15(16)17)4-5-11(12)14-9/h4-5,7-8H,6H2,1H3. The van der Waals surface area contributed by atoms with Crippen LogP contribution in [0.5, 0.6) is 0 Å². The van der Waals surface area contributed by atoms with Crippen molar-refractivity contribution in [1.82, 2.24) is 9.97 Å². The van der Waals surface area contributed by atoms with Gasteiger partial charge in [-0.15, -0.1) is 0 Å². The van der Waals surface area contributed by atoms with Crippen molar-refractivity contribution in [2.24, 2.45) is 0 Å². The van der Waals surface area contributed by atoms with Gasteiger partial charge in [0.15, 0.2) is 0 Å². The number of benzene rings is 1. The van der Waals surface area contributed by atoms with Crippen LogP contribution in [0.4, 0.5) is 5.69 Å². The second-order valence-corrected chi connectivity index (χ2v) is 5.60. The molecule has 1 heterocycles. The van der Waals surface area contributed by atoms with E-state index < -0.39 is 15.0 Å². The van der Waals surface area contributed by atoms with Gasteiger partial charge in [0.05, 0.1) is 28.4 Å². The Morgan fingerprint density at radius 2 is 2.14 bits per heavy atom. The lowest BCUT2D eigenvalue weighted by molar-refractivity contribution is -0.384. The molecule has 21 heavy (non-hydrogen) atoms. The van der Waals surface area contributed by atoms with Crippen molar-refractivity contribution in [2.45, 2.75) is 0 Å². The zero-order chi connectivity index (χ0) is 15.5. The maximum Gasteiger partial charge on any atom is 0.271 e. The third-order valence-electron chi connectivity index (χ3n) is 2.30. The third-order valence-corrected chi connectivity index (χ3v) is 2.84. The number of non-ortho nitro benzene ring substituents is 1. The van der Waals surface area contributed by atoms with Gasteiger partial charge in [-0.05, 0) is 12.0 Å². The Morgan fingerprint density at radius 3 is 2.81 bits per heavy atom. The normalized spacial score (nSPS) is 10.9. The van der Waals surface area contributed by atoms with Crippen LogP contribution in [0, 0.1) is 22.0 Å². The van der Waals surface area contributed by atoms with E-state index in [1.165, 1.54) is 24.4 Å². The van der Waals surface area contributed by atoms with Gasteiger partial charge < -0.3 is 0 Å². The highest BCUT2D eigenvalue weighted by Crippen LogP contribution is 2.17. The molecular formula is C12H9N3O5S. The van der Waals surface area contributed by atoms with Gasteiger partial charge in [-0.3, -0.25) is 19.3 Å². The summed E-state index contributed by atoms with van der Waals surface area (Å²) in [6.07, 6.45) is 2.27. The van der Waals surface area contributed by atoms with Crippen LogP contribution in [0.1, 0.15) is 5.69 Å². The zero-order valence-corrected chi connectivity index (χ0v) is 11.6. The summed E-state index contributed by atoms with van der Waals surface area (Å²) in [6, 6.07) is 4.10. The summed E-state index contributed by atoms with van der Waals surface area (Å²) in [5.74, 6) is 5.09. The van der Waals surface area contributed by atoms with Gasteiger partial charge in [-0.25, -0.2) is 4.98 Å². The number of nitro groups is 1. The average Bonchev–Trinajstić information content (AvgIpc) is 2.41. The smallest absolute Gasteiger partial charge is 0.258 e. The Morgan fingerprint density at radius 1 is 1.38 bits per heavy atom. The molecule has 0 aliphatic carbocycles. The first-order chi connectivity index (χ1) is 9.85. The Hall–Kier alpha value is -2.57. The maximum atomic E-state index is 10.7. The first kappa shape index (κ1) is 14.8. The van der Waals surface area contributed by atoms with E-state index in [1.54, 1.807) is 0 Å². The predicted molar refractivity (Wildman–Crippen MR) is 73.9 cm³/mol. The largest absolute Gasteiger partial charge is 0.271 e. The molecule has 9 heteroatoms. The molecule has 0 amide bonds. The Labute approximate surface area is 120 Å². The summed E-state index contributed by atoms with van der Waals surface area (Å²) in [7, 11) is -3.53. The minimum Gasteiger partial charge on any atom is -0.258 e. The molecule has 0 radical (unpaired) electrons. The fourth-order valence-corrected chi connectivity index (χ4v) is 1.71. The molecule has 0 aliphatic heterocycles. The SMILES string of the molecule is CS(=O)(=O)OCC#Cc1cnc2cc([N+](=O)[O-])ccc2n1. The van der Waals surface area contributed by atoms with Gasteiger partial charge in [0.2, 0.25) is 0 Å². The van der Waals surface area contributed by atoms with Crippen LogP contribution in [0.25, 0.3) is 11.0 Å². The molecule has 0 bridgehead atoms. The molecule has 8 nitrogen and oxygen atoms in total. The molecule has 1 aromatic carbocycles. The molecule has 0 spiro atoms. The van der Waals surface area contributed by atoms with Gasteiger partial charge in [0.25, 0.3) is 15.8 Å². The zero-order valence-electron chi connectivity index (χ0n) is 10.8. The van der Waals surface area contributed by atoms with Gasteiger partial charge >= 0.3 is 0 Å². The van der Waals surface area contributed by atoms with Crippen LogP contribution < -0.4 is 0 Å². The van der Waals surface area contributed by atoms with E-state index in [0.29, 0.717) is 16.7 Å². The summed E-state index contributed by atoms with van der Waals surface area (Å²) in [5, 5.41) is 10.6. The Kier molecular flexibility index (Phi) is 4.11. The quantitative estimate of drug-likeness (QED) is 0.358. The summed E-state index contributed by atoms with van der Waals surface area (Å²) < 4.78 is 25.9. The number of rotatable bonds is 3. The van der Waals surface area contributed by atoms with Crippen LogP contribution in [-0.4, -0.2) is 36.2 Å². The second kappa shape index (κ2) is 5.82. The molecule has 108 valence electrons. The monoisotopic (exact) mass is 307 g/mol. The van der Waals surface area contributed by atoms with Gasteiger partial charge in [-0.1, -0.05) is 5.92 Å². The molecule has 2 rings (SSSR count). The van der Waals surface area contributed by atoms with Gasteiger partial charge in [-0.2, -0.15) is 8.42 Å². The van der Waals surface area contributed by atoms with Gasteiger partial charge in [0, 0.05) is 12.1 Å². The van der Waals surface area contributed by atoms with E-state index in [4.69, 9.17) is 0 Å². The van der Waals surface area contributed by atoms with Crippen molar-refractivity contribution in [3.8, 4) is 11.8 Å². The highest BCUT2D eigenvalue weighted by Gasteiger charge is 2.07. The molecular weight excluding hydrogens is 298 g/mol. The lowest BCUT2D eigenvalue weighted by Crippen LogP contribution is -2.02. The highest BCUT2D eigenvalue weighted by molar-refractivity contribution is 7.86. The fraction of sp³-hybridized carbons (Fsp3) is 0.167. The number of aromatic nitrogens is 2. The summed E-state index contributed by atoms with van der Waals surface area (Å²) in [6.45, 7) is -0.279. The molecule has 0 aliphatic rings. The maximum absolute atomic E-state index is 10.7. The molecule has 2 aromatic rings. The van der Waals surface area contributed by atoms with Gasteiger partial charge in [0.1, 0.15) is 12.3 Å². The first-order valence-corrected chi connectivity index (χ1v) is 7.41. The Bertz CT molecular complexity index is 867. The van der Waals surface area contributed by atoms with Crippen LogP contribution in [0.3, 0.4) is 0 Å². The van der Waals surface area contributed by atoms with E-state index in [2.05, 4.69) is 26.0 Å². The van der Waals surface area contributed by atoms with Crippen molar-refractivity contribution in [2.75, 3.05) is 12.9 Å². The Balaban J connectivity index is 2.22. The molecule has 0 N–H and O–H groups in total. The number of hydrogen-bond acceptors (Lipinski definition) is 7. The number of nitro benzene ring substituents is 1. The first-order valence-electron chi connectivity index (χ1n) is 5.59. The lowest BCUT2D eigenvalue weighted by Gasteiger charge is -1.97. The number of nitrogens with zero attached hydrogens (tertiary/aromatic N) is 3. The molecule has 0 saturated carbocycles. The topological polar surface area (TPSA) is 112 Å². The van der Waals surface area contributed by atoms with Crippen LogP contribution >= 0.6 is 0 Å². The van der Waals surface area contributed by atoms with Crippen LogP contribution in [0.15, 0.2) is 24.4 Å². The second-order valence-electron chi connectivity index (χ2n) is 3.95. The van der Waals surface area contributed by atoms with E-state index in [-0.39, 0.29) is 12.3 Å². The molecule has 0 atom stereocenters. The fourth-order valence-electron chi connectivity index (χ4n) is 1.44. The van der Waals surface area contributed by atoms with E-state index in [9.17, 15) is 18.5 Å². The molecule has 1 aromatic heterocycles. The van der Waals surface area contributed by atoms with Crippen LogP contribution in [0.2, 0.25) is 0 Å². The number of fused-ring (bicyclic) bond motifs is 1. The van der Waals surface area contributed by atoms with Crippen molar-refractivity contribution in [3.63, 3.8) is 0 Å². The van der Waals surface area contributed by atoms with Crippen molar-refractivity contribution >= 4 is 26.8 Å². The van der Waals surface area contributed by atoms with E-state index >= 15 is 0 Å². The van der Waals surface area contributed by atoms with Crippen molar-refractivity contribution in [3.05, 3.63) is 40.2 Å². The molecule has 0 saturated heterocycles. The molecule has 0 fully saturated rings. The number of hydrogen-bond donors (Lipinski definition) is 0. The minimum atomic E-state index is -3.53. The van der Waals surface area contributed by atoms with E-state index in [0.717, 1.165) is 6.26 Å². The highest BCUT2D eigenvalue weighted by atomic mass is 32.2. The average molecular weight is 307 g/mol. The van der Waals surface area contributed by atoms with E-state index in [1.807, 2.05) is 0 Å². The molecule has 0 unspecified atom stereocenters. The summed E-state index contributed by atoms with van der Waals surface area (Å²) in [5.41, 5.74) is 1.07. The summed E-state index contributed by atoms with van der Waals surface area (Å²) in [4.78, 5) is 18.3.